The molecule has 3 N–H and O–H groups in total. The fraction of sp³-hybridized carbons (Fsp3) is 0.263. The Morgan fingerprint density at radius 3 is 2.17 bits per heavy atom. The summed E-state index contributed by atoms with van der Waals surface area (Å²) < 4.78 is 5.69. The second-order valence-corrected chi connectivity index (χ2v) is 5.85. The minimum Gasteiger partial charge on any atom is -0.457 e. The third kappa shape index (κ3) is 5.12. The van der Waals surface area contributed by atoms with Gasteiger partial charge in [-0.25, -0.2) is 0 Å². The number of carbonyl (C=O) groups is 2. The Kier molecular flexibility index (Phi) is 5.95. The van der Waals surface area contributed by atoms with Gasteiger partial charge in [0.25, 0.3) is 5.91 Å². The maximum atomic E-state index is 12.2. The lowest BCUT2D eigenvalue weighted by Crippen LogP contribution is -2.36. The molecule has 0 saturated heterocycles. The second-order valence-electron chi connectivity index (χ2n) is 5.85. The molecule has 5 nitrogen and oxygen atoms in total. The number of benzene rings is 2. The number of hydrogen-bond acceptors (Lipinski definition) is 3. The monoisotopic (exact) mass is 326 g/mol. The van der Waals surface area contributed by atoms with E-state index in [2.05, 4.69) is 5.32 Å². The molecule has 2 amide bonds. The number of primary amides is 1. The molecule has 5 heteroatoms. The zero-order chi connectivity index (χ0) is 17.5. The zero-order valence-corrected chi connectivity index (χ0v) is 13.9. The van der Waals surface area contributed by atoms with E-state index in [1.165, 1.54) is 0 Å². The fourth-order valence-electron chi connectivity index (χ4n) is 2.31. The molecule has 0 aromatic heterocycles. The molecule has 126 valence electrons. The summed E-state index contributed by atoms with van der Waals surface area (Å²) in [6, 6.07) is 16.2. The summed E-state index contributed by atoms with van der Waals surface area (Å²) in [6.45, 7) is 3.60. The molecule has 0 unspecified atom stereocenters. The van der Waals surface area contributed by atoms with Gasteiger partial charge in [0, 0.05) is 17.5 Å². The molecule has 0 heterocycles. The van der Waals surface area contributed by atoms with Crippen LogP contribution in [0.15, 0.2) is 54.6 Å². The van der Waals surface area contributed by atoms with Crippen LogP contribution in [0.1, 0.15) is 30.6 Å². The Balaban J connectivity index is 1.92. The van der Waals surface area contributed by atoms with Gasteiger partial charge in [-0.05, 0) is 49.7 Å². The van der Waals surface area contributed by atoms with Gasteiger partial charge >= 0.3 is 0 Å². The highest BCUT2D eigenvalue weighted by Crippen LogP contribution is 2.21. The second kappa shape index (κ2) is 8.15. The minimum absolute atomic E-state index is 0.139. The molecule has 0 aliphatic rings. The van der Waals surface area contributed by atoms with Crippen LogP contribution in [-0.4, -0.2) is 17.9 Å². The van der Waals surface area contributed by atoms with Gasteiger partial charge in [-0.15, -0.1) is 0 Å². The van der Waals surface area contributed by atoms with Gasteiger partial charge in [-0.1, -0.05) is 25.1 Å². The van der Waals surface area contributed by atoms with Crippen molar-refractivity contribution in [3.63, 3.8) is 0 Å². The number of nitrogens with two attached hydrogens (primary N) is 1. The van der Waals surface area contributed by atoms with Crippen LogP contribution in [0.2, 0.25) is 0 Å². The van der Waals surface area contributed by atoms with Crippen LogP contribution >= 0.6 is 0 Å². The maximum absolute atomic E-state index is 12.2. The quantitative estimate of drug-likeness (QED) is 0.820. The van der Waals surface area contributed by atoms with E-state index in [0.717, 1.165) is 5.75 Å². The number of carbonyl (C=O) groups excluding carboxylic acids is 2. The number of hydrogen-bond donors (Lipinski definition) is 2. The van der Waals surface area contributed by atoms with Crippen molar-refractivity contribution in [3.05, 3.63) is 60.2 Å². The molecular formula is C19H22N2O3. The molecule has 2 atom stereocenters. The van der Waals surface area contributed by atoms with Crippen LogP contribution in [0.5, 0.6) is 11.5 Å². The summed E-state index contributed by atoms with van der Waals surface area (Å²) in [7, 11) is 0. The summed E-state index contributed by atoms with van der Waals surface area (Å²) in [5.74, 6) is 0.572. The molecule has 2 aromatic rings. The van der Waals surface area contributed by atoms with Crippen molar-refractivity contribution in [2.45, 2.75) is 26.3 Å². The summed E-state index contributed by atoms with van der Waals surface area (Å²) in [5, 5.41) is 2.86. The molecule has 24 heavy (non-hydrogen) atoms. The Morgan fingerprint density at radius 1 is 1.00 bits per heavy atom. The van der Waals surface area contributed by atoms with Gasteiger partial charge in [0.15, 0.2) is 0 Å². The highest BCUT2D eigenvalue weighted by molar-refractivity contribution is 5.94. The van der Waals surface area contributed by atoms with E-state index in [0.29, 0.717) is 17.7 Å². The van der Waals surface area contributed by atoms with Crippen molar-refractivity contribution < 1.29 is 14.3 Å². The van der Waals surface area contributed by atoms with Crippen molar-refractivity contribution in [3.8, 4) is 11.5 Å². The molecule has 0 bridgehead atoms. The first-order valence-electron chi connectivity index (χ1n) is 7.89. The van der Waals surface area contributed by atoms with Crippen LogP contribution in [-0.2, 0) is 4.79 Å². The van der Waals surface area contributed by atoms with Crippen molar-refractivity contribution >= 4 is 11.8 Å². The van der Waals surface area contributed by atoms with Gasteiger partial charge in [0.05, 0.1) is 0 Å². The first-order valence-corrected chi connectivity index (χ1v) is 7.89. The van der Waals surface area contributed by atoms with Crippen molar-refractivity contribution in [1.82, 2.24) is 5.32 Å². The first kappa shape index (κ1) is 17.5. The van der Waals surface area contributed by atoms with E-state index in [1.807, 2.05) is 37.3 Å². The molecule has 0 spiro atoms. The SMILES string of the molecule is C[C@@H](C[C@H](C)C(N)=O)NC(=O)c1ccc(Oc2ccccc2)cc1. The van der Waals surface area contributed by atoms with Gasteiger partial charge in [0.2, 0.25) is 5.91 Å². The highest BCUT2D eigenvalue weighted by atomic mass is 16.5. The largest absolute Gasteiger partial charge is 0.457 e. The van der Waals surface area contributed by atoms with Crippen LogP contribution in [0.25, 0.3) is 0 Å². The predicted molar refractivity (Wildman–Crippen MR) is 92.9 cm³/mol. The standard InChI is InChI=1S/C19H22N2O3/c1-13(18(20)22)12-14(2)21-19(23)15-8-10-17(11-9-15)24-16-6-4-3-5-7-16/h3-11,13-14H,12H2,1-2H3,(H2,20,22)(H,21,23)/t13-,14-/m0/s1. The molecule has 0 saturated carbocycles. The van der Waals surface area contributed by atoms with E-state index in [-0.39, 0.29) is 23.8 Å². The van der Waals surface area contributed by atoms with Crippen molar-refractivity contribution in [1.29, 1.82) is 0 Å². The Hall–Kier alpha value is -2.82. The average molecular weight is 326 g/mol. The van der Waals surface area contributed by atoms with E-state index in [1.54, 1.807) is 31.2 Å². The zero-order valence-electron chi connectivity index (χ0n) is 13.9. The number of rotatable bonds is 7. The average Bonchev–Trinajstić information content (AvgIpc) is 2.56. The van der Waals surface area contributed by atoms with Gasteiger partial charge in [0.1, 0.15) is 11.5 Å². The minimum atomic E-state index is -0.362. The predicted octanol–water partition coefficient (Wildman–Crippen LogP) is 3.11. The summed E-state index contributed by atoms with van der Waals surface area (Å²) in [4.78, 5) is 23.3. The summed E-state index contributed by atoms with van der Waals surface area (Å²) in [6.07, 6.45) is 0.510. The summed E-state index contributed by atoms with van der Waals surface area (Å²) in [5.41, 5.74) is 5.78. The Bertz CT molecular complexity index is 684. The number of nitrogens with one attached hydrogen (secondary N) is 1. The third-order valence-electron chi connectivity index (χ3n) is 3.67. The van der Waals surface area contributed by atoms with Crippen molar-refractivity contribution in [2.75, 3.05) is 0 Å². The van der Waals surface area contributed by atoms with Gasteiger partial charge in [-0.2, -0.15) is 0 Å². The number of amides is 2. The Morgan fingerprint density at radius 2 is 1.58 bits per heavy atom. The first-order chi connectivity index (χ1) is 11.5. The molecule has 0 fully saturated rings. The van der Waals surface area contributed by atoms with Crippen LogP contribution < -0.4 is 15.8 Å². The van der Waals surface area contributed by atoms with Crippen molar-refractivity contribution in [2.24, 2.45) is 11.7 Å². The maximum Gasteiger partial charge on any atom is 0.251 e. The van der Waals surface area contributed by atoms with E-state index in [4.69, 9.17) is 10.5 Å². The molecule has 0 aliphatic heterocycles. The molecular weight excluding hydrogens is 304 g/mol. The van der Waals surface area contributed by atoms with Crippen LogP contribution in [0.4, 0.5) is 0 Å². The number of para-hydroxylation sites is 1. The smallest absolute Gasteiger partial charge is 0.251 e. The number of ether oxygens (including phenoxy) is 1. The van der Waals surface area contributed by atoms with Gasteiger partial charge < -0.3 is 15.8 Å². The lowest BCUT2D eigenvalue weighted by atomic mass is 10.0. The van der Waals surface area contributed by atoms with Crippen LogP contribution in [0.3, 0.4) is 0 Å². The van der Waals surface area contributed by atoms with Gasteiger partial charge in [-0.3, -0.25) is 9.59 Å². The van der Waals surface area contributed by atoms with Crippen LogP contribution in [0, 0.1) is 5.92 Å². The third-order valence-corrected chi connectivity index (χ3v) is 3.67. The topological polar surface area (TPSA) is 81.4 Å². The highest BCUT2D eigenvalue weighted by Gasteiger charge is 2.16. The lowest BCUT2D eigenvalue weighted by molar-refractivity contribution is -0.121. The lowest BCUT2D eigenvalue weighted by Gasteiger charge is -2.16. The normalized spacial score (nSPS) is 12.9. The molecule has 2 aromatic carbocycles. The Labute approximate surface area is 141 Å². The van der Waals surface area contributed by atoms with E-state index >= 15 is 0 Å². The molecule has 0 aliphatic carbocycles. The fourth-order valence-corrected chi connectivity index (χ4v) is 2.31. The van der Waals surface area contributed by atoms with E-state index in [9.17, 15) is 9.59 Å². The molecule has 0 radical (unpaired) electrons. The van der Waals surface area contributed by atoms with E-state index < -0.39 is 0 Å². The molecule has 2 rings (SSSR count). The summed E-state index contributed by atoms with van der Waals surface area (Å²) >= 11 is 0.